The summed E-state index contributed by atoms with van der Waals surface area (Å²) in [5.74, 6) is 0. The molecule has 0 atom stereocenters. The van der Waals surface area contributed by atoms with Crippen molar-refractivity contribution in [1.82, 2.24) is 0 Å². The fourth-order valence-electron chi connectivity index (χ4n) is 2.64. The molecule has 0 aromatic heterocycles. The van der Waals surface area contributed by atoms with Gasteiger partial charge in [-0.25, -0.2) is 0 Å². The highest BCUT2D eigenvalue weighted by Gasteiger charge is 2.36. The van der Waals surface area contributed by atoms with Gasteiger partial charge < -0.3 is 17.8 Å². The summed E-state index contributed by atoms with van der Waals surface area (Å²) in [5, 5.41) is 2.33. The lowest BCUT2D eigenvalue weighted by atomic mass is 10.4. The van der Waals surface area contributed by atoms with Crippen LogP contribution in [-0.4, -0.2) is 43.3 Å². The SMILES string of the molecule is C[Si](C)(O)O[Si](C)(C)c1ccc([Si](C)(C)O[Si](C)(C)O)cc1. The van der Waals surface area contributed by atoms with Crippen molar-refractivity contribution in [3.8, 4) is 0 Å². The summed E-state index contributed by atoms with van der Waals surface area (Å²) >= 11 is 0. The Bertz CT molecular complexity index is 454. The molecule has 22 heavy (non-hydrogen) atoms. The summed E-state index contributed by atoms with van der Waals surface area (Å²) in [5.41, 5.74) is 0. The van der Waals surface area contributed by atoms with Crippen LogP contribution >= 0.6 is 0 Å². The Labute approximate surface area is 138 Å². The zero-order chi connectivity index (χ0) is 17.4. The number of rotatable bonds is 6. The van der Waals surface area contributed by atoms with Crippen LogP contribution < -0.4 is 10.4 Å². The minimum Gasteiger partial charge on any atom is -0.432 e. The summed E-state index contributed by atoms with van der Waals surface area (Å²) in [4.78, 5) is 20.1. The molecule has 0 aliphatic heterocycles. The fraction of sp³-hybridized carbons (Fsp3) is 0.571. The van der Waals surface area contributed by atoms with E-state index in [1.807, 2.05) is 0 Å². The molecule has 126 valence electrons. The van der Waals surface area contributed by atoms with Gasteiger partial charge in [-0.15, -0.1) is 0 Å². The standard InChI is InChI=1S/C14H30O4Si4/c1-19(2,17-21(5,6)15)13-9-11-14(12-10-13)20(3,4)18-22(7,8)16/h9-12,15-16H,1-8H3. The molecule has 1 aromatic carbocycles. The molecule has 0 fully saturated rings. The Morgan fingerprint density at radius 2 is 0.818 bits per heavy atom. The van der Waals surface area contributed by atoms with E-state index in [9.17, 15) is 9.59 Å². The highest BCUT2D eigenvalue weighted by atomic mass is 28.4. The fourth-order valence-corrected chi connectivity index (χ4v) is 15.5. The summed E-state index contributed by atoms with van der Waals surface area (Å²) in [6, 6.07) is 8.36. The predicted octanol–water partition coefficient (Wildman–Crippen LogP) is 1.93. The van der Waals surface area contributed by atoms with E-state index in [1.54, 1.807) is 26.2 Å². The van der Waals surface area contributed by atoms with Crippen LogP contribution in [0.15, 0.2) is 24.3 Å². The van der Waals surface area contributed by atoms with Crippen LogP contribution in [0, 0.1) is 0 Å². The molecule has 0 aliphatic carbocycles. The smallest absolute Gasteiger partial charge is 0.318 e. The highest BCUT2D eigenvalue weighted by molar-refractivity contribution is 6.92. The molecule has 2 N–H and O–H groups in total. The maximum atomic E-state index is 10.0. The van der Waals surface area contributed by atoms with Crippen LogP contribution in [0.5, 0.6) is 0 Å². The van der Waals surface area contributed by atoms with Crippen LogP contribution in [0.4, 0.5) is 0 Å². The van der Waals surface area contributed by atoms with Crippen LogP contribution in [0.3, 0.4) is 0 Å². The maximum absolute atomic E-state index is 10.0. The van der Waals surface area contributed by atoms with Gasteiger partial charge in [-0.3, -0.25) is 0 Å². The molecule has 0 radical (unpaired) electrons. The Morgan fingerprint density at radius 1 is 0.591 bits per heavy atom. The second-order valence-electron chi connectivity index (χ2n) is 7.70. The molecule has 0 saturated carbocycles. The normalized spacial score (nSPS) is 14.3. The van der Waals surface area contributed by atoms with Crippen molar-refractivity contribution in [2.45, 2.75) is 52.4 Å². The first-order valence-electron chi connectivity index (χ1n) is 7.59. The zero-order valence-electron chi connectivity index (χ0n) is 15.0. The summed E-state index contributed by atoms with van der Waals surface area (Å²) < 4.78 is 12.0. The minimum atomic E-state index is -2.54. The highest BCUT2D eigenvalue weighted by Crippen LogP contribution is 2.14. The first kappa shape index (κ1) is 20.0. The molecule has 0 aliphatic rings. The Morgan fingerprint density at radius 3 is 1.00 bits per heavy atom. The van der Waals surface area contributed by atoms with Gasteiger partial charge in [-0.2, -0.15) is 0 Å². The van der Waals surface area contributed by atoms with Crippen molar-refractivity contribution in [1.29, 1.82) is 0 Å². The van der Waals surface area contributed by atoms with E-state index in [1.165, 1.54) is 0 Å². The Hall–Kier alpha value is -0.0725. The molecule has 0 heterocycles. The van der Waals surface area contributed by atoms with E-state index < -0.39 is 33.8 Å². The topological polar surface area (TPSA) is 58.9 Å². The average Bonchev–Trinajstić information content (AvgIpc) is 2.22. The van der Waals surface area contributed by atoms with Gasteiger partial charge in [-0.05, 0) is 62.7 Å². The van der Waals surface area contributed by atoms with E-state index in [0.29, 0.717) is 0 Å². The predicted molar refractivity (Wildman–Crippen MR) is 102 cm³/mol. The third kappa shape index (κ3) is 6.20. The maximum Gasteiger partial charge on any atom is 0.318 e. The largest absolute Gasteiger partial charge is 0.432 e. The summed E-state index contributed by atoms with van der Waals surface area (Å²) in [6.45, 7) is 15.6. The Kier molecular flexibility index (Phi) is 5.85. The number of benzene rings is 1. The second-order valence-corrected chi connectivity index (χ2v) is 22.3. The summed E-state index contributed by atoms with van der Waals surface area (Å²) in [6.07, 6.45) is 0. The van der Waals surface area contributed by atoms with Gasteiger partial charge in [0.25, 0.3) is 0 Å². The molecular formula is C14H30O4Si4. The first-order valence-corrected chi connectivity index (χ1v) is 19.1. The monoisotopic (exact) mass is 374 g/mol. The molecular weight excluding hydrogens is 344 g/mol. The van der Waals surface area contributed by atoms with Crippen molar-refractivity contribution >= 4 is 44.1 Å². The molecule has 0 bridgehead atoms. The van der Waals surface area contributed by atoms with Gasteiger partial charge in [0.2, 0.25) is 16.6 Å². The van der Waals surface area contributed by atoms with Crippen molar-refractivity contribution in [2.75, 3.05) is 0 Å². The van der Waals surface area contributed by atoms with Crippen LogP contribution in [0.25, 0.3) is 0 Å². The van der Waals surface area contributed by atoms with Crippen molar-refractivity contribution in [3.63, 3.8) is 0 Å². The third-order valence-electron chi connectivity index (χ3n) is 3.29. The van der Waals surface area contributed by atoms with E-state index in [-0.39, 0.29) is 0 Å². The lowest BCUT2D eigenvalue weighted by molar-refractivity contribution is 0.390. The minimum absolute atomic E-state index is 1.16. The van der Waals surface area contributed by atoms with Crippen molar-refractivity contribution < 1.29 is 17.8 Å². The van der Waals surface area contributed by atoms with Gasteiger partial charge in [0.15, 0.2) is 0 Å². The lowest BCUT2D eigenvalue weighted by Gasteiger charge is -2.32. The van der Waals surface area contributed by atoms with Crippen LogP contribution in [0.1, 0.15) is 0 Å². The summed E-state index contributed by atoms with van der Waals surface area (Å²) in [7, 11) is -9.27. The molecule has 1 aromatic rings. The number of hydrogen-bond donors (Lipinski definition) is 2. The third-order valence-corrected chi connectivity index (χ3v) is 14.8. The van der Waals surface area contributed by atoms with Gasteiger partial charge in [-0.1, -0.05) is 24.3 Å². The van der Waals surface area contributed by atoms with Crippen molar-refractivity contribution in [3.05, 3.63) is 24.3 Å². The van der Waals surface area contributed by atoms with Gasteiger partial charge >= 0.3 is 17.1 Å². The van der Waals surface area contributed by atoms with E-state index in [2.05, 4.69) is 50.5 Å². The van der Waals surface area contributed by atoms with Crippen LogP contribution in [-0.2, 0) is 8.23 Å². The Balaban J connectivity index is 3.00. The van der Waals surface area contributed by atoms with E-state index in [0.717, 1.165) is 10.4 Å². The van der Waals surface area contributed by atoms with Gasteiger partial charge in [0.1, 0.15) is 0 Å². The molecule has 4 nitrogen and oxygen atoms in total. The molecule has 0 unspecified atom stereocenters. The van der Waals surface area contributed by atoms with Gasteiger partial charge in [0, 0.05) is 0 Å². The van der Waals surface area contributed by atoms with Crippen molar-refractivity contribution in [2.24, 2.45) is 0 Å². The first-order chi connectivity index (χ1) is 9.62. The average molecular weight is 375 g/mol. The van der Waals surface area contributed by atoms with Crippen LogP contribution in [0.2, 0.25) is 52.4 Å². The molecule has 0 amide bonds. The second kappa shape index (κ2) is 6.44. The quantitative estimate of drug-likeness (QED) is 0.747. The zero-order valence-corrected chi connectivity index (χ0v) is 19.0. The van der Waals surface area contributed by atoms with E-state index >= 15 is 0 Å². The molecule has 8 heteroatoms. The molecule has 0 saturated heterocycles. The lowest BCUT2D eigenvalue weighted by Crippen LogP contribution is -2.55. The van der Waals surface area contributed by atoms with Gasteiger partial charge in [0.05, 0.1) is 0 Å². The number of hydrogen-bond acceptors (Lipinski definition) is 4. The molecule has 1 rings (SSSR count). The molecule has 0 spiro atoms. The van der Waals surface area contributed by atoms with E-state index in [4.69, 9.17) is 8.23 Å².